The minimum atomic E-state index is -0.254. The van der Waals surface area contributed by atoms with Crippen LogP contribution in [0.3, 0.4) is 0 Å². The molecule has 2 aliphatic rings. The summed E-state index contributed by atoms with van der Waals surface area (Å²) in [5, 5.41) is 15.6. The molecule has 0 aliphatic carbocycles. The van der Waals surface area contributed by atoms with Crippen LogP contribution in [0.2, 0.25) is 0 Å². The van der Waals surface area contributed by atoms with Gasteiger partial charge in [0.25, 0.3) is 0 Å². The zero-order valence-corrected chi connectivity index (χ0v) is 17.0. The van der Waals surface area contributed by atoms with Crippen LogP contribution < -0.4 is 0 Å². The molecule has 1 amide bonds. The zero-order chi connectivity index (χ0) is 20.9. The van der Waals surface area contributed by atoms with E-state index in [1.165, 1.54) is 12.1 Å². The van der Waals surface area contributed by atoms with Crippen molar-refractivity contribution < 1.29 is 9.18 Å². The lowest BCUT2D eigenvalue weighted by atomic mass is 9.71. The largest absolute Gasteiger partial charge is 0.342 e. The maximum Gasteiger partial charge on any atom is 0.219 e. The van der Waals surface area contributed by atoms with Crippen LogP contribution in [-0.4, -0.2) is 66.8 Å². The first-order chi connectivity index (χ1) is 14.4. The van der Waals surface area contributed by atoms with Crippen LogP contribution in [0.4, 0.5) is 4.39 Å². The SMILES string of the molecule is CC(=O)N1CC(c2nncn2C)C2(CN(Cc3cn[nH]c3-c3ccc(F)cc3)C2)C1. The molecule has 1 spiro atoms. The lowest BCUT2D eigenvalue weighted by molar-refractivity contribution is -0.128. The second-order valence-electron chi connectivity index (χ2n) is 8.54. The Kier molecular flexibility index (Phi) is 4.43. The minimum Gasteiger partial charge on any atom is -0.342 e. The molecule has 156 valence electrons. The molecule has 1 N–H and O–H groups in total. The molecule has 0 saturated carbocycles. The molecule has 2 aliphatic heterocycles. The van der Waals surface area contributed by atoms with Crippen molar-refractivity contribution in [1.29, 1.82) is 0 Å². The third kappa shape index (κ3) is 3.09. The maximum absolute atomic E-state index is 13.3. The summed E-state index contributed by atoms with van der Waals surface area (Å²) in [6.45, 7) is 5.56. The number of carbonyl (C=O) groups is 1. The second-order valence-corrected chi connectivity index (χ2v) is 8.54. The van der Waals surface area contributed by atoms with Gasteiger partial charge in [-0.05, 0) is 24.3 Å². The van der Waals surface area contributed by atoms with Crippen molar-refractivity contribution in [3.05, 3.63) is 54.0 Å². The summed E-state index contributed by atoms with van der Waals surface area (Å²) in [6, 6.07) is 6.43. The number of nitrogens with zero attached hydrogens (tertiary/aromatic N) is 6. The number of aromatic amines is 1. The summed E-state index contributed by atoms with van der Waals surface area (Å²) in [5.74, 6) is 0.960. The number of hydrogen-bond donors (Lipinski definition) is 1. The maximum atomic E-state index is 13.3. The summed E-state index contributed by atoms with van der Waals surface area (Å²) in [5.41, 5.74) is 2.90. The molecule has 5 rings (SSSR count). The second kappa shape index (κ2) is 7.02. The van der Waals surface area contributed by atoms with Gasteiger partial charge in [0.05, 0.1) is 11.9 Å². The molecule has 8 nitrogen and oxygen atoms in total. The van der Waals surface area contributed by atoms with Gasteiger partial charge in [-0.25, -0.2) is 4.39 Å². The van der Waals surface area contributed by atoms with Gasteiger partial charge in [0.2, 0.25) is 5.91 Å². The van der Waals surface area contributed by atoms with E-state index in [0.717, 1.165) is 48.8 Å². The monoisotopic (exact) mass is 409 g/mol. The van der Waals surface area contributed by atoms with Gasteiger partial charge in [-0.1, -0.05) is 0 Å². The zero-order valence-electron chi connectivity index (χ0n) is 17.0. The molecule has 2 fully saturated rings. The van der Waals surface area contributed by atoms with Crippen molar-refractivity contribution in [3.8, 4) is 11.3 Å². The average molecular weight is 409 g/mol. The first-order valence-electron chi connectivity index (χ1n) is 10.1. The van der Waals surface area contributed by atoms with Crippen LogP contribution in [0, 0.1) is 11.2 Å². The van der Waals surface area contributed by atoms with Gasteiger partial charge < -0.3 is 9.47 Å². The number of aromatic nitrogens is 5. The Labute approximate surface area is 173 Å². The van der Waals surface area contributed by atoms with Crippen LogP contribution in [0.25, 0.3) is 11.3 Å². The fraction of sp³-hybridized carbons (Fsp3) is 0.429. The molecule has 9 heteroatoms. The number of H-pyrrole nitrogens is 1. The third-order valence-electron chi connectivity index (χ3n) is 6.47. The van der Waals surface area contributed by atoms with Crippen molar-refractivity contribution in [2.24, 2.45) is 12.5 Å². The molecule has 1 unspecified atom stereocenters. The highest BCUT2D eigenvalue weighted by Gasteiger charge is 2.56. The molecule has 30 heavy (non-hydrogen) atoms. The summed E-state index contributed by atoms with van der Waals surface area (Å²) >= 11 is 0. The Hall–Kier alpha value is -3.07. The van der Waals surface area contributed by atoms with Crippen molar-refractivity contribution in [2.45, 2.75) is 19.4 Å². The highest BCUT2D eigenvalue weighted by atomic mass is 19.1. The van der Waals surface area contributed by atoms with E-state index in [4.69, 9.17) is 0 Å². The van der Waals surface area contributed by atoms with Gasteiger partial charge >= 0.3 is 0 Å². The topological polar surface area (TPSA) is 82.9 Å². The molecule has 1 atom stereocenters. The van der Waals surface area contributed by atoms with E-state index in [9.17, 15) is 9.18 Å². The molecule has 2 aromatic heterocycles. The van der Waals surface area contributed by atoms with E-state index in [1.54, 1.807) is 25.4 Å². The molecule has 0 radical (unpaired) electrons. The summed E-state index contributed by atoms with van der Waals surface area (Å²) in [7, 11) is 1.95. The summed E-state index contributed by atoms with van der Waals surface area (Å²) < 4.78 is 15.2. The van der Waals surface area contributed by atoms with Crippen molar-refractivity contribution >= 4 is 5.91 Å². The van der Waals surface area contributed by atoms with Gasteiger partial charge in [-0.15, -0.1) is 10.2 Å². The van der Waals surface area contributed by atoms with Crippen LogP contribution in [0.15, 0.2) is 36.8 Å². The smallest absolute Gasteiger partial charge is 0.219 e. The Bertz CT molecular complexity index is 1070. The van der Waals surface area contributed by atoms with Gasteiger partial charge in [0, 0.05) is 69.2 Å². The molecular formula is C21H24FN7O. The predicted molar refractivity (Wildman–Crippen MR) is 108 cm³/mol. The molecule has 3 aromatic rings. The van der Waals surface area contributed by atoms with Crippen molar-refractivity contribution in [2.75, 3.05) is 26.2 Å². The van der Waals surface area contributed by atoms with E-state index in [-0.39, 0.29) is 23.1 Å². The Morgan fingerprint density at radius 2 is 2.03 bits per heavy atom. The highest BCUT2D eigenvalue weighted by Crippen LogP contribution is 2.49. The van der Waals surface area contributed by atoms with Crippen LogP contribution in [-0.2, 0) is 18.4 Å². The number of rotatable bonds is 4. The van der Waals surface area contributed by atoms with Gasteiger partial charge in [0.1, 0.15) is 18.0 Å². The third-order valence-corrected chi connectivity index (χ3v) is 6.47. The Balaban J connectivity index is 1.34. The Morgan fingerprint density at radius 1 is 1.27 bits per heavy atom. The van der Waals surface area contributed by atoms with Crippen molar-refractivity contribution in [1.82, 2.24) is 34.8 Å². The van der Waals surface area contributed by atoms with Crippen LogP contribution in [0.1, 0.15) is 24.2 Å². The number of amides is 1. The van der Waals surface area contributed by atoms with Gasteiger partial charge in [-0.3, -0.25) is 14.8 Å². The summed E-state index contributed by atoms with van der Waals surface area (Å²) in [4.78, 5) is 16.4. The van der Waals surface area contributed by atoms with E-state index >= 15 is 0 Å². The highest BCUT2D eigenvalue weighted by molar-refractivity contribution is 5.74. The average Bonchev–Trinajstić information content (AvgIpc) is 3.40. The quantitative estimate of drug-likeness (QED) is 0.710. The first-order valence-corrected chi connectivity index (χ1v) is 10.1. The van der Waals surface area contributed by atoms with Crippen LogP contribution >= 0.6 is 0 Å². The number of carbonyl (C=O) groups excluding carboxylic acids is 1. The number of hydrogen-bond acceptors (Lipinski definition) is 5. The summed E-state index contributed by atoms with van der Waals surface area (Å²) in [6.07, 6.45) is 3.55. The molecular weight excluding hydrogens is 385 g/mol. The number of benzene rings is 1. The van der Waals surface area contributed by atoms with Gasteiger partial charge in [-0.2, -0.15) is 5.10 Å². The van der Waals surface area contributed by atoms with E-state index in [0.29, 0.717) is 6.54 Å². The van der Waals surface area contributed by atoms with Crippen molar-refractivity contribution in [3.63, 3.8) is 0 Å². The van der Waals surface area contributed by atoms with Gasteiger partial charge in [0.15, 0.2) is 0 Å². The molecule has 2 saturated heterocycles. The molecule has 4 heterocycles. The fourth-order valence-electron chi connectivity index (χ4n) is 4.99. The van der Waals surface area contributed by atoms with E-state index in [1.807, 2.05) is 22.7 Å². The normalized spacial score (nSPS) is 20.6. The number of nitrogens with one attached hydrogen (secondary N) is 1. The molecule has 0 bridgehead atoms. The first kappa shape index (κ1) is 18.9. The van der Waals surface area contributed by atoms with Crippen LogP contribution in [0.5, 0.6) is 0 Å². The fourth-order valence-corrected chi connectivity index (χ4v) is 4.99. The lowest BCUT2D eigenvalue weighted by Gasteiger charge is -2.50. The number of likely N-dealkylation sites (tertiary alicyclic amines) is 2. The minimum absolute atomic E-state index is 0.00770. The number of halogens is 1. The lowest BCUT2D eigenvalue weighted by Crippen LogP contribution is -2.59. The van der Waals surface area contributed by atoms with E-state index < -0.39 is 0 Å². The molecule has 1 aromatic carbocycles. The Morgan fingerprint density at radius 3 is 2.70 bits per heavy atom. The van der Waals surface area contributed by atoms with E-state index in [2.05, 4.69) is 25.3 Å². The standard InChI is InChI=1S/C21H24FN7O/c1-14(30)29-9-18(20-26-24-13-27(20)2)21(12-29)10-28(11-21)8-16-7-23-25-19(16)15-3-5-17(22)6-4-15/h3-7,13,18H,8-12H2,1-2H3,(H,23,25). The number of aryl methyl sites for hydroxylation is 1. The predicted octanol–water partition coefficient (Wildman–Crippen LogP) is 1.79.